The predicted octanol–water partition coefficient (Wildman–Crippen LogP) is 1.99. The third kappa shape index (κ3) is 3.19. The van der Waals surface area contributed by atoms with E-state index in [-0.39, 0.29) is 17.1 Å². The van der Waals surface area contributed by atoms with Gasteiger partial charge in [0.05, 0.1) is 6.54 Å². The fourth-order valence-corrected chi connectivity index (χ4v) is 3.81. The lowest BCUT2D eigenvalue weighted by Crippen LogP contribution is -2.35. The number of hydrogen-bond donors (Lipinski definition) is 2. The molecule has 0 bridgehead atoms. The summed E-state index contributed by atoms with van der Waals surface area (Å²) in [5.41, 5.74) is 5.53. The summed E-state index contributed by atoms with van der Waals surface area (Å²) in [5, 5.41) is -0.0443. The van der Waals surface area contributed by atoms with Crippen LogP contribution in [0.5, 0.6) is 0 Å². The highest BCUT2D eigenvalue weighted by Crippen LogP contribution is 2.40. The van der Waals surface area contributed by atoms with E-state index in [1.165, 1.54) is 18.9 Å². The van der Waals surface area contributed by atoms with Crippen LogP contribution in [0.4, 0.5) is 0 Å². The molecule has 0 unspecified atom stereocenters. The largest absolute Gasteiger partial charge is 0.447 e. The van der Waals surface area contributed by atoms with E-state index < -0.39 is 10.0 Å². The minimum Gasteiger partial charge on any atom is -0.447 e. The summed E-state index contributed by atoms with van der Waals surface area (Å²) in [7, 11) is -3.56. The highest BCUT2D eigenvalue weighted by atomic mass is 32.2. The Morgan fingerprint density at radius 2 is 2.05 bits per heavy atom. The van der Waals surface area contributed by atoms with Crippen LogP contribution in [0.15, 0.2) is 21.6 Å². The van der Waals surface area contributed by atoms with Gasteiger partial charge in [0, 0.05) is 6.54 Å². The Hall–Kier alpha value is -0.850. The minimum absolute atomic E-state index is 0.0443. The number of nitrogens with two attached hydrogens (primary N) is 1. The maximum atomic E-state index is 12.1. The van der Waals surface area contributed by atoms with Gasteiger partial charge in [0.15, 0.2) is 0 Å². The standard InChI is InChI=1S/C13H22N2O3S/c1-2-13(7-3-4-8-13)10-15-19(16,17)12-6-5-11(9-14)18-12/h5-6,15H,2-4,7-10,14H2,1H3. The van der Waals surface area contributed by atoms with Gasteiger partial charge in [-0.2, -0.15) is 0 Å². The monoisotopic (exact) mass is 286 g/mol. The molecule has 108 valence electrons. The first-order chi connectivity index (χ1) is 9.01. The summed E-state index contributed by atoms with van der Waals surface area (Å²) in [6.07, 6.45) is 5.57. The van der Waals surface area contributed by atoms with Crippen molar-refractivity contribution in [1.29, 1.82) is 0 Å². The number of furan rings is 1. The van der Waals surface area contributed by atoms with Crippen molar-refractivity contribution in [3.63, 3.8) is 0 Å². The van der Waals surface area contributed by atoms with Gasteiger partial charge in [-0.1, -0.05) is 19.8 Å². The zero-order valence-electron chi connectivity index (χ0n) is 11.3. The zero-order chi connectivity index (χ0) is 13.9. The Kier molecular flexibility index (Phi) is 4.32. The Morgan fingerprint density at radius 1 is 1.37 bits per heavy atom. The van der Waals surface area contributed by atoms with E-state index in [4.69, 9.17) is 10.2 Å². The molecule has 0 amide bonds. The molecule has 5 nitrogen and oxygen atoms in total. The molecule has 1 aromatic rings. The molecule has 3 N–H and O–H groups in total. The summed E-state index contributed by atoms with van der Waals surface area (Å²) < 4.78 is 32.1. The Balaban J connectivity index is 2.05. The molecule has 0 aliphatic heterocycles. The van der Waals surface area contributed by atoms with Gasteiger partial charge < -0.3 is 10.2 Å². The quantitative estimate of drug-likeness (QED) is 0.837. The smallest absolute Gasteiger partial charge is 0.273 e. The molecular formula is C13H22N2O3S. The lowest BCUT2D eigenvalue weighted by molar-refractivity contribution is 0.284. The molecule has 0 atom stereocenters. The van der Waals surface area contributed by atoms with E-state index >= 15 is 0 Å². The van der Waals surface area contributed by atoms with Crippen LogP contribution < -0.4 is 10.5 Å². The van der Waals surface area contributed by atoms with Gasteiger partial charge >= 0.3 is 0 Å². The fourth-order valence-electron chi connectivity index (χ4n) is 2.71. The highest BCUT2D eigenvalue weighted by Gasteiger charge is 2.33. The van der Waals surface area contributed by atoms with Crippen molar-refractivity contribution < 1.29 is 12.8 Å². The zero-order valence-corrected chi connectivity index (χ0v) is 12.1. The summed E-state index contributed by atoms with van der Waals surface area (Å²) in [6, 6.07) is 3.05. The molecule has 0 spiro atoms. The predicted molar refractivity (Wildman–Crippen MR) is 73.0 cm³/mol. The van der Waals surface area contributed by atoms with Gasteiger partial charge in [0.25, 0.3) is 10.0 Å². The molecule has 1 saturated carbocycles. The number of hydrogen-bond acceptors (Lipinski definition) is 4. The molecule has 1 heterocycles. The summed E-state index contributed by atoms with van der Waals surface area (Å²) >= 11 is 0. The van der Waals surface area contributed by atoms with Gasteiger partial charge in [-0.15, -0.1) is 0 Å². The fraction of sp³-hybridized carbons (Fsp3) is 0.692. The van der Waals surface area contributed by atoms with Crippen molar-refractivity contribution in [1.82, 2.24) is 4.72 Å². The molecule has 0 saturated heterocycles. The van der Waals surface area contributed by atoms with Crippen molar-refractivity contribution in [3.05, 3.63) is 17.9 Å². The van der Waals surface area contributed by atoms with Gasteiger partial charge in [-0.25, -0.2) is 13.1 Å². The van der Waals surface area contributed by atoms with Gasteiger partial charge in [-0.05, 0) is 36.8 Å². The second-order valence-electron chi connectivity index (χ2n) is 5.31. The third-order valence-electron chi connectivity index (χ3n) is 4.15. The first-order valence-electron chi connectivity index (χ1n) is 6.80. The van der Waals surface area contributed by atoms with Crippen molar-refractivity contribution in [3.8, 4) is 0 Å². The van der Waals surface area contributed by atoms with E-state index in [1.807, 2.05) is 0 Å². The van der Waals surface area contributed by atoms with Crippen LogP contribution in [0.1, 0.15) is 44.8 Å². The lowest BCUT2D eigenvalue weighted by Gasteiger charge is -2.27. The normalized spacial score (nSPS) is 18.8. The topological polar surface area (TPSA) is 85.3 Å². The summed E-state index contributed by atoms with van der Waals surface area (Å²) in [6.45, 7) is 2.82. The van der Waals surface area contributed by atoms with E-state index in [9.17, 15) is 8.42 Å². The van der Waals surface area contributed by atoms with Crippen LogP contribution in [0.3, 0.4) is 0 Å². The van der Waals surface area contributed by atoms with Crippen LogP contribution in [0.2, 0.25) is 0 Å². The van der Waals surface area contributed by atoms with Crippen LogP contribution in [-0.4, -0.2) is 15.0 Å². The van der Waals surface area contributed by atoms with Crippen molar-refractivity contribution in [2.24, 2.45) is 11.1 Å². The SMILES string of the molecule is CCC1(CNS(=O)(=O)c2ccc(CN)o2)CCCC1. The van der Waals surface area contributed by atoms with E-state index in [1.54, 1.807) is 6.07 Å². The van der Waals surface area contributed by atoms with Crippen molar-refractivity contribution in [2.75, 3.05) is 6.54 Å². The summed E-state index contributed by atoms with van der Waals surface area (Å²) in [5.74, 6) is 0.478. The molecule has 0 aromatic carbocycles. The van der Waals surface area contributed by atoms with Crippen molar-refractivity contribution in [2.45, 2.75) is 50.7 Å². The van der Waals surface area contributed by atoms with Crippen LogP contribution >= 0.6 is 0 Å². The van der Waals surface area contributed by atoms with E-state index in [2.05, 4.69) is 11.6 Å². The number of sulfonamides is 1. The van der Waals surface area contributed by atoms with Crippen LogP contribution in [0.25, 0.3) is 0 Å². The molecule has 0 radical (unpaired) electrons. The maximum absolute atomic E-state index is 12.1. The highest BCUT2D eigenvalue weighted by molar-refractivity contribution is 7.89. The third-order valence-corrected chi connectivity index (χ3v) is 5.43. The molecule has 6 heteroatoms. The molecule has 1 aliphatic rings. The Bertz CT molecular complexity index is 516. The first-order valence-corrected chi connectivity index (χ1v) is 8.28. The Morgan fingerprint density at radius 3 is 2.58 bits per heavy atom. The first kappa shape index (κ1) is 14.6. The second-order valence-corrected chi connectivity index (χ2v) is 7.01. The Labute approximate surface area is 114 Å². The molecule has 1 fully saturated rings. The molecule has 1 aromatic heterocycles. The lowest BCUT2D eigenvalue weighted by atomic mass is 9.84. The molecule has 19 heavy (non-hydrogen) atoms. The average Bonchev–Trinajstić information content (AvgIpc) is 3.06. The average molecular weight is 286 g/mol. The van der Waals surface area contributed by atoms with E-state index in [0.29, 0.717) is 12.3 Å². The summed E-state index contributed by atoms with van der Waals surface area (Å²) in [4.78, 5) is 0. The van der Waals surface area contributed by atoms with Crippen LogP contribution in [-0.2, 0) is 16.6 Å². The van der Waals surface area contributed by atoms with Gasteiger partial charge in [0.2, 0.25) is 5.09 Å². The van der Waals surface area contributed by atoms with Crippen molar-refractivity contribution >= 4 is 10.0 Å². The molecule has 2 rings (SSSR count). The van der Waals surface area contributed by atoms with Crippen LogP contribution in [0, 0.1) is 5.41 Å². The molecular weight excluding hydrogens is 264 g/mol. The molecule has 1 aliphatic carbocycles. The van der Waals surface area contributed by atoms with Gasteiger partial charge in [-0.3, -0.25) is 0 Å². The van der Waals surface area contributed by atoms with Gasteiger partial charge in [0.1, 0.15) is 5.76 Å². The van der Waals surface area contributed by atoms with E-state index in [0.717, 1.165) is 19.3 Å². The minimum atomic E-state index is -3.56. The maximum Gasteiger partial charge on any atom is 0.273 e. The number of nitrogens with one attached hydrogen (secondary N) is 1. The number of rotatable bonds is 6. The second kappa shape index (κ2) is 5.64.